The summed E-state index contributed by atoms with van der Waals surface area (Å²) in [5.41, 5.74) is 0. The van der Waals surface area contributed by atoms with E-state index < -0.39 is 15.9 Å². The predicted octanol–water partition coefficient (Wildman–Crippen LogP) is 0.476. The van der Waals surface area contributed by atoms with E-state index >= 15 is 0 Å². The summed E-state index contributed by atoms with van der Waals surface area (Å²) in [6.45, 7) is 0.634. The molecule has 2 aliphatic rings. The van der Waals surface area contributed by atoms with Crippen LogP contribution in [0, 0.1) is 5.92 Å². The SMILES string of the molecule is O=S1(=O)CCC(CC(O)C2=CCCO2)C1. The molecule has 15 heavy (non-hydrogen) atoms. The highest BCUT2D eigenvalue weighted by atomic mass is 32.2. The Bertz CT molecular complexity index is 358. The van der Waals surface area contributed by atoms with Crippen molar-refractivity contribution >= 4 is 9.84 Å². The van der Waals surface area contributed by atoms with Crippen molar-refractivity contribution in [3.05, 3.63) is 11.8 Å². The standard InChI is InChI=1S/C10H16O4S/c11-9(10-2-1-4-14-10)6-8-3-5-15(12,13)7-8/h2,8-9,11H,1,3-7H2. The second-order valence-corrected chi connectivity index (χ2v) is 6.49. The molecule has 0 amide bonds. The normalized spacial score (nSPS) is 31.0. The minimum atomic E-state index is -2.84. The molecule has 0 bridgehead atoms. The minimum Gasteiger partial charge on any atom is -0.495 e. The van der Waals surface area contributed by atoms with Gasteiger partial charge in [0, 0.05) is 6.42 Å². The number of ether oxygens (including phenoxy) is 1. The van der Waals surface area contributed by atoms with E-state index in [4.69, 9.17) is 4.74 Å². The summed E-state index contributed by atoms with van der Waals surface area (Å²) in [5, 5.41) is 9.79. The first-order valence-corrected chi connectivity index (χ1v) is 7.10. The smallest absolute Gasteiger partial charge is 0.150 e. The lowest BCUT2D eigenvalue weighted by atomic mass is 10.00. The molecule has 2 heterocycles. The largest absolute Gasteiger partial charge is 0.495 e. The van der Waals surface area contributed by atoms with Gasteiger partial charge in [-0.2, -0.15) is 0 Å². The van der Waals surface area contributed by atoms with Crippen LogP contribution in [0.1, 0.15) is 19.3 Å². The van der Waals surface area contributed by atoms with Gasteiger partial charge in [0.2, 0.25) is 0 Å². The van der Waals surface area contributed by atoms with Crippen LogP contribution in [0.2, 0.25) is 0 Å². The van der Waals surface area contributed by atoms with Crippen LogP contribution in [0.5, 0.6) is 0 Å². The Morgan fingerprint density at radius 1 is 1.60 bits per heavy atom. The maximum atomic E-state index is 11.2. The van der Waals surface area contributed by atoms with Crippen molar-refractivity contribution in [2.45, 2.75) is 25.4 Å². The van der Waals surface area contributed by atoms with Gasteiger partial charge in [0.05, 0.1) is 18.1 Å². The molecule has 0 radical (unpaired) electrons. The first-order chi connectivity index (χ1) is 7.07. The van der Waals surface area contributed by atoms with E-state index in [0.717, 1.165) is 6.42 Å². The van der Waals surface area contributed by atoms with Crippen molar-refractivity contribution in [2.75, 3.05) is 18.1 Å². The molecule has 0 saturated carbocycles. The maximum absolute atomic E-state index is 11.2. The fourth-order valence-corrected chi connectivity index (χ4v) is 4.04. The van der Waals surface area contributed by atoms with E-state index in [9.17, 15) is 13.5 Å². The van der Waals surface area contributed by atoms with Crippen LogP contribution in [0.25, 0.3) is 0 Å². The van der Waals surface area contributed by atoms with Crippen molar-refractivity contribution in [2.24, 2.45) is 5.92 Å². The van der Waals surface area contributed by atoms with Crippen LogP contribution < -0.4 is 0 Å². The molecule has 86 valence electrons. The van der Waals surface area contributed by atoms with E-state index in [-0.39, 0.29) is 17.4 Å². The molecule has 1 saturated heterocycles. The Morgan fingerprint density at radius 3 is 2.93 bits per heavy atom. The molecule has 0 aliphatic carbocycles. The fraction of sp³-hybridized carbons (Fsp3) is 0.800. The molecule has 4 nitrogen and oxygen atoms in total. The van der Waals surface area contributed by atoms with Crippen LogP contribution in [0.3, 0.4) is 0 Å². The Labute approximate surface area is 89.9 Å². The summed E-state index contributed by atoms with van der Waals surface area (Å²) in [7, 11) is -2.84. The molecule has 2 rings (SSSR count). The van der Waals surface area contributed by atoms with E-state index in [0.29, 0.717) is 25.2 Å². The molecular weight excluding hydrogens is 216 g/mol. The highest BCUT2D eigenvalue weighted by Crippen LogP contribution is 2.26. The molecule has 1 fully saturated rings. The zero-order valence-corrected chi connectivity index (χ0v) is 9.37. The molecule has 1 N–H and O–H groups in total. The van der Waals surface area contributed by atoms with E-state index in [2.05, 4.69) is 0 Å². The minimum absolute atomic E-state index is 0.0927. The molecule has 0 aromatic rings. The van der Waals surface area contributed by atoms with Crippen molar-refractivity contribution in [1.29, 1.82) is 0 Å². The molecular formula is C10H16O4S. The third kappa shape index (κ3) is 2.72. The monoisotopic (exact) mass is 232 g/mol. The first-order valence-electron chi connectivity index (χ1n) is 5.28. The topological polar surface area (TPSA) is 63.6 Å². The third-order valence-corrected chi connectivity index (χ3v) is 4.78. The molecule has 0 aromatic carbocycles. The molecule has 2 atom stereocenters. The Kier molecular flexibility index (Phi) is 3.02. The molecule has 2 aliphatic heterocycles. The van der Waals surface area contributed by atoms with E-state index in [1.54, 1.807) is 0 Å². The fourth-order valence-electron chi connectivity index (χ4n) is 2.16. The maximum Gasteiger partial charge on any atom is 0.150 e. The van der Waals surface area contributed by atoms with Gasteiger partial charge in [0.25, 0.3) is 0 Å². The number of sulfone groups is 1. The highest BCUT2D eigenvalue weighted by Gasteiger charge is 2.30. The van der Waals surface area contributed by atoms with Crippen LogP contribution >= 0.6 is 0 Å². The second kappa shape index (κ2) is 4.14. The lowest BCUT2D eigenvalue weighted by molar-refractivity contribution is 0.101. The van der Waals surface area contributed by atoms with Gasteiger partial charge in [-0.1, -0.05) is 0 Å². The number of aliphatic hydroxyl groups is 1. The van der Waals surface area contributed by atoms with Gasteiger partial charge >= 0.3 is 0 Å². The van der Waals surface area contributed by atoms with Gasteiger partial charge in [0.1, 0.15) is 11.9 Å². The third-order valence-electron chi connectivity index (χ3n) is 2.94. The summed E-state index contributed by atoms with van der Waals surface area (Å²) in [6.07, 6.45) is 3.28. The van der Waals surface area contributed by atoms with Crippen molar-refractivity contribution in [3.63, 3.8) is 0 Å². The Balaban J connectivity index is 1.87. The van der Waals surface area contributed by atoms with Gasteiger partial charge in [0.15, 0.2) is 9.84 Å². The van der Waals surface area contributed by atoms with Gasteiger partial charge in [-0.3, -0.25) is 0 Å². The number of hydrogen-bond donors (Lipinski definition) is 1. The first kappa shape index (κ1) is 11.0. The average molecular weight is 232 g/mol. The summed E-state index contributed by atoms with van der Waals surface area (Å²) in [6, 6.07) is 0. The van der Waals surface area contributed by atoms with E-state index in [1.807, 2.05) is 6.08 Å². The van der Waals surface area contributed by atoms with Gasteiger partial charge < -0.3 is 9.84 Å². The zero-order valence-electron chi connectivity index (χ0n) is 8.55. The van der Waals surface area contributed by atoms with Crippen molar-refractivity contribution in [1.82, 2.24) is 0 Å². The van der Waals surface area contributed by atoms with Crippen LogP contribution in [-0.2, 0) is 14.6 Å². The molecule has 2 unspecified atom stereocenters. The lowest BCUT2D eigenvalue weighted by Crippen LogP contribution is -2.17. The van der Waals surface area contributed by atoms with Gasteiger partial charge in [-0.15, -0.1) is 0 Å². The van der Waals surface area contributed by atoms with Crippen molar-refractivity contribution < 1.29 is 18.3 Å². The lowest BCUT2D eigenvalue weighted by Gasteiger charge is -2.15. The highest BCUT2D eigenvalue weighted by molar-refractivity contribution is 7.91. The summed E-state index contributed by atoms with van der Waals surface area (Å²) >= 11 is 0. The van der Waals surface area contributed by atoms with Crippen LogP contribution in [0.15, 0.2) is 11.8 Å². The Hall–Kier alpha value is -0.550. The summed E-state index contributed by atoms with van der Waals surface area (Å²) in [4.78, 5) is 0. The number of rotatable bonds is 3. The van der Waals surface area contributed by atoms with Gasteiger partial charge in [-0.05, 0) is 24.8 Å². The summed E-state index contributed by atoms with van der Waals surface area (Å²) < 4.78 is 27.7. The van der Waals surface area contributed by atoms with E-state index in [1.165, 1.54) is 0 Å². The number of aliphatic hydroxyl groups excluding tert-OH is 1. The van der Waals surface area contributed by atoms with Gasteiger partial charge in [-0.25, -0.2) is 8.42 Å². The molecule has 5 heteroatoms. The second-order valence-electron chi connectivity index (χ2n) is 4.26. The average Bonchev–Trinajstić information content (AvgIpc) is 2.74. The van der Waals surface area contributed by atoms with Crippen LogP contribution in [-0.4, -0.2) is 37.7 Å². The molecule has 0 spiro atoms. The quantitative estimate of drug-likeness (QED) is 0.768. The molecule has 0 aromatic heterocycles. The Morgan fingerprint density at radius 2 is 2.40 bits per heavy atom. The number of hydrogen-bond acceptors (Lipinski definition) is 4. The van der Waals surface area contributed by atoms with Crippen LogP contribution in [0.4, 0.5) is 0 Å². The summed E-state index contributed by atoms with van der Waals surface area (Å²) in [5.74, 6) is 1.20. The predicted molar refractivity (Wildman–Crippen MR) is 56.0 cm³/mol. The van der Waals surface area contributed by atoms with Crippen molar-refractivity contribution in [3.8, 4) is 0 Å². The zero-order chi connectivity index (χ0) is 10.9.